The third-order valence-corrected chi connectivity index (χ3v) is 6.24. The van der Waals surface area contributed by atoms with Gasteiger partial charge in [-0.25, -0.2) is 4.98 Å². The van der Waals surface area contributed by atoms with Crippen molar-refractivity contribution in [3.8, 4) is 0 Å². The number of hydrogen-bond acceptors (Lipinski definition) is 3. The molecule has 0 radical (unpaired) electrons. The predicted molar refractivity (Wildman–Crippen MR) is 93.9 cm³/mol. The van der Waals surface area contributed by atoms with E-state index in [1.54, 1.807) is 0 Å². The molecule has 0 spiro atoms. The van der Waals surface area contributed by atoms with Gasteiger partial charge in [0.1, 0.15) is 5.82 Å². The number of amides is 2. The van der Waals surface area contributed by atoms with Crippen LogP contribution < -0.4 is 0 Å². The van der Waals surface area contributed by atoms with Crippen LogP contribution in [0.25, 0.3) is 0 Å². The van der Waals surface area contributed by atoms with Crippen LogP contribution in [0, 0.1) is 12.8 Å². The highest BCUT2D eigenvalue weighted by molar-refractivity contribution is 5.89. The molecule has 1 aromatic heterocycles. The van der Waals surface area contributed by atoms with Crippen LogP contribution in [0.1, 0.15) is 56.8 Å². The lowest BCUT2D eigenvalue weighted by molar-refractivity contribution is -0.137. The van der Waals surface area contributed by atoms with Crippen LogP contribution in [0.2, 0.25) is 0 Å². The van der Waals surface area contributed by atoms with Gasteiger partial charge in [-0.3, -0.25) is 9.59 Å². The van der Waals surface area contributed by atoms with Crippen molar-refractivity contribution in [1.82, 2.24) is 19.4 Å². The molecule has 1 aromatic rings. The van der Waals surface area contributed by atoms with Crippen LogP contribution in [0.5, 0.6) is 0 Å². The molecule has 4 rings (SSSR count). The van der Waals surface area contributed by atoms with Gasteiger partial charge in [0.2, 0.25) is 11.8 Å². The molecule has 2 aliphatic heterocycles. The molecule has 2 amide bonds. The molecule has 2 atom stereocenters. The second-order valence-electron chi connectivity index (χ2n) is 7.85. The minimum Gasteiger partial charge on any atom is -0.340 e. The summed E-state index contributed by atoms with van der Waals surface area (Å²) in [5.74, 6) is 1.22. The average molecular weight is 344 g/mol. The Morgan fingerprint density at radius 2 is 1.88 bits per heavy atom. The lowest BCUT2D eigenvalue weighted by Gasteiger charge is -2.35. The monoisotopic (exact) mass is 344 g/mol. The van der Waals surface area contributed by atoms with E-state index < -0.39 is 0 Å². The van der Waals surface area contributed by atoms with Crippen molar-refractivity contribution < 1.29 is 9.59 Å². The first-order chi connectivity index (χ1) is 12.1. The van der Waals surface area contributed by atoms with Crippen LogP contribution in [-0.2, 0) is 9.59 Å². The van der Waals surface area contributed by atoms with E-state index in [0.29, 0.717) is 25.0 Å². The second kappa shape index (κ2) is 6.81. The maximum absolute atomic E-state index is 13.0. The van der Waals surface area contributed by atoms with Crippen LogP contribution >= 0.6 is 0 Å². The number of nitrogens with zero attached hydrogens (tertiary/aromatic N) is 4. The normalized spacial score (nSPS) is 28.1. The number of rotatable bonds is 3. The first kappa shape index (κ1) is 16.6. The van der Waals surface area contributed by atoms with E-state index in [1.165, 1.54) is 12.8 Å². The summed E-state index contributed by atoms with van der Waals surface area (Å²) in [4.78, 5) is 33.7. The number of aromatic nitrogens is 2. The number of imidazole rings is 1. The number of carbonyl (C=O) groups is 2. The van der Waals surface area contributed by atoms with Crippen molar-refractivity contribution >= 4 is 11.8 Å². The molecular weight excluding hydrogens is 316 g/mol. The van der Waals surface area contributed by atoms with Crippen molar-refractivity contribution in [2.24, 2.45) is 5.92 Å². The molecule has 0 bridgehead atoms. The third-order valence-electron chi connectivity index (χ3n) is 6.24. The SMILES string of the molecule is Cc1nccn1[C@@H]1CCCN(C(=O)[C@@H]2CC(=O)N(C3CCCC3)C2)C1. The van der Waals surface area contributed by atoms with Crippen molar-refractivity contribution in [2.45, 2.75) is 64.0 Å². The highest BCUT2D eigenvalue weighted by Crippen LogP contribution is 2.31. The van der Waals surface area contributed by atoms with Gasteiger partial charge in [-0.2, -0.15) is 0 Å². The fraction of sp³-hybridized carbons (Fsp3) is 0.737. The molecule has 3 fully saturated rings. The Morgan fingerprint density at radius 1 is 1.12 bits per heavy atom. The molecule has 6 nitrogen and oxygen atoms in total. The Morgan fingerprint density at radius 3 is 2.60 bits per heavy atom. The summed E-state index contributed by atoms with van der Waals surface area (Å²) in [6, 6.07) is 0.691. The van der Waals surface area contributed by atoms with Gasteiger partial charge < -0.3 is 14.4 Å². The van der Waals surface area contributed by atoms with E-state index in [1.807, 2.05) is 29.1 Å². The number of carbonyl (C=O) groups excluding carboxylic acids is 2. The molecule has 3 heterocycles. The van der Waals surface area contributed by atoms with Crippen molar-refractivity contribution in [2.75, 3.05) is 19.6 Å². The smallest absolute Gasteiger partial charge is 0.228 e. The molecule has 2 saturated heterocycles. The van der Waals surface area contributed by atoms with Gasteiger partial charge >= 0.3 is 0 Å². The van der Waals surface area contributed by atoms with E-state index in [0.717, 1.165) is 44.6 Å². The van der Waals surface area contributed by atoms with Gasteiger partial charge in [0.05, 0.1) is 12.0 Å². The highest BCUT2D eigenvalue weighted by Gasteiger charge is 2.40. The minimum atomic E-state index is -0.143. The van der Waals surface area contributed by atoms with E-state index >= 15 is 0 Å². The summed E-state index contributed by atoms with van der Waals surface area (Å²) in [6.07, 6.45) is 11.0. The quantitative estimate of drug-likeness (QED) is 0.844. The fourth-order valence-corrected chi connectivity index (χ4v) is 4.88. The first-order valence-electron chi connectivity index (χ1n) is 9.71. The zero-order valence-corrected chi connectivity index (χ0v) is 15.1. The van der Waals surface area contributed by atoms with Gasteiger partial charge in [-0.05, 0) is 32.6 Å². The largest absolute Gasteiger partial charge is 0.340 e. The second-order valence-corrected chi connectivity index (χ2v) is 7.85. The van der Waals surface area contributed by atoms with Gasteiger partial charge in [0, 0.05) is 44.5 Å². The molecule has 25 heavy (non-hydrogen) atoms. The molecule has 3 aliphatic rings. The lowest BCUT2D eigenvalue weighted by atomic mass is 10.0. The summed E-state index contributed by atoms with van der Waals surface area (Å²) >= 11 is 0. The Hall–Kier alpha value is -1.85. The highest BCUT2D eigenvalue weighted by atomic mass is 16.2. The van der Waals surface area contributed by atoms with Gasteiger partial charge in [-0.1, -0.05) is 12.8 Å². The Bertz CT molecular complexity index is 650. The summed E-state index contributed by atoms with van der Waals surface area (Å²) in [6.45, 7) is 4.20. The molecule has 1 aliphatic carbocycles. The number of hydrogen-bond donors (Lipinski definition) is 0. The van der Waals surface area contributed by atoms with Gasteiger partial charge in [0.25, 0.3) is 0 Å². The van der Waals surface area contributed by atoms with Crippen LogP contribution in [0.3, 0.4) is 0 Å². The maximum Gasteiger partial charge on any atom is 0.228 e. The van der Waals surface area contributed by atoms with E-state index in [4.69, 9.17) is 0 Å². The number of aryl methyl sites for hydroxylation is 1. The topological polar surface area (TPSA) is 58.4 Å². The molecule has 0 unspecified atom stereocenters. The van der Waals surface area contributed by atoms with Crippen LogP contribution in [0.4, 0.5) is 0 Å². The molecule has 0 aromatic carbocycles. The first-order valence-corrected chi connectivity index (χ1v) is 9.71. The van der Waals surface area contributed by atoms with Crippen molar-refractivity contribution in [3.63, 3.8) is 0 Å². The zero-order chi connectivity index (χ0) is 17.4. The molecular formula is C19H28N4O2. The van der Waals surface area contributed by atoms with E-state index in [9.17, 15) is 9.59 Å². The van der Waals surface area contributed by atoms with Gasteiger partial charge in [0.15, 0.2) is 0 Å². The van der Waals surface area contributed by atoms with Crippen molar-refractivity contribution in [1.29, 1.82) is 0 Å². The third kappa shape index (κ3) is 3.18. The Kier molecular flexibility index (Phi) is 4.52. The Labute approximate surface area is 149 Å². The number of piperidine rings is 1. The maximum atomic E-state index is 13.0. The predicted octanol–water partition coefficient (Wildman–Crippen LogP) is 2.15. The van der Waals surface area contributed by atoms with Crippen molar-refractivity contribution in [3.05, 3.63) is 18.2 Å². The standard InChI is InChI=1S/C19H28N4O2/c1-14-20-8-10-22(14)17-7-4-9-21(13-17)19(25)15-11-18(24)23(12-15)16-5-2-3-6-16/h8,10,15-17H,2-7,9,11-13H2,1H3/t15-,17-/m1/s1. The lowest BCUT2D eigenvalue weighted by Crippen LogP contribution is -2.44. The molecule has 136 valence electrons. The minimum absolute atomic E-state index is 0.143. The molecule has 0 N–H and O–H groups in total. The molecule has 6 heteroatoms. The average Bonchev–Trinajstić information content (AvgIpc) is 3.35. The number of likely N-dealkylation sites (tertiary alicyclic amines) is 2. The summed E-state index contributed by atoms with van der Waals surface area (Å²) < 4.78 is 2.18. The summed E-state index contributed by atoms with van der Waals surface area (Å²) in [7, 11) is 0. The van der Waals surface area contributed by atoms with Gasteiger partial charge in [-0.15, -0.1) is 0 Å². The van der Waals surface area contributed by atoms with E-state index in [-0.39, 0.29) is 17.7 Å². The van der Waals surface area contributed by atoms with Crippen LogP contribution in [-0.4, -0.2) is 56.8 Å². The molecule has 1 saturated carbocycles. The fourth-order valence-electron chi connectivity index (χ4n) is 4.88. The summed E-state index contributed by atoms with van der Waals surface area (Å²) in [5, 5.41) is 0. The van der Waals surface area contributed by atoms with E-state index in [2.05, 4.69) is 9.55 Å². The summed E-state index contributed by atoms with van der Waals surface area (Å²) in [5.41, 5.74) is 0. The zero-order valence-electron chi connectivity index (χ0n) is 15.1. The Balaban J connectivity index is 1.40. The van der Waals surface area contributed by atoms with Crippen LogP contribution in [0.15, 0.2) is 12.4 Å².